The van der Waals surface area contributed by atoms with Crippen LogP contribution in [0.2, 0.25) is 0 Å². The molecular formula is C11H10F3NO2. The maximum absolute atomic E-state index is 12.5. The highest BCUT2D eigenvalue weighted by Crippen LogP contribution is 2.31. The number of carbonyl (C=O) groups is 1. The van der Waals surface area contributed by atoms with Crippen molar-refractivity contribution in [1.29, 1.82) is 0 Å². The van der Waals surface area contributed by atoms with Crippen LogP contribution in [0.15, 0.2) is 24.4 Å². The molecule has 17 heavy (non-hydrogen) atoms. The summed E-state index contributed by atoms with van der Waals surface area (Å²) in [5, 5.41) is 0. The Balaban J connectivity index is 2.95. The fourth-order valence-electron chi connectivity index (χ4n) is 1.13. The first-order chi connectivity index (χ1) is 7.95. The normalized spacial score (nSPS) is 11.8. The summed E-state index contributed by atoms with van der Waals surface area (Å²) in [5.41, 5.74) is -1.20. The predicted octanol–water partition coefficient (Wildman–Crippen LogP) is 2.68. The van der Waals surface area contributed by atoms with Gasteiger partial charge in [-0.1, -0.05) is 0 Å². The average molecular weight is 245 g/mol. The van der Waals surface area contributed by atoms with Crippen molar-refractivity contribution in [2.45, 2.75) is 13.1 Å². The van der Waals surface area contributed by atoms with Gasteiger partial charge in [0.05, 0.1) is 17.9 Å². The van der Waals surface area contributed by atoms with Gasteiger partial charge in [-0.3, -0.25) is 4.98 Å². The molecule has 0 spiro atoms. The average Bonchev–Trinajstić information content (AvgIpc) is 2.26. The van der Waals surface area contributed by atoms with Gasteiger partial charge < -0.3 is 4.74 Å². The number of nitrogens with zero attached hydrogens (tertiary/aromatic N) is 1. The summed E-state index contributed by atoms with van der Waals surface area (Å²) in [7, 11) is 0. The van der Waals surface area contributed by atoms with Crippen LogP contribution in [0.3, 0.4) is 0 Å². The molecule has 0 N–H and O–H groups in total. The summed E-state index contributed by atoms with van der Waals surface area (Å²) < 4.78 is 42.1. The molecule has 0 saturated carbocycles. The van der Waals surface area contributed by atoms with Gasteiger partial charge in [-0.15, -0.1) is 0 Å². The standard InChI is InChI=1S/C11H10F3NO2/c1-2-17-10(16)6-5-9-8(11(12,13)14)4-3-7-15-9/h3-7H,2H2,1H3/b6-5+. The van der Waals surface area contributed by atoms with Crippen molar-refractivity contribution >= 4 is 12.0 Å². The molecule has 92 valence electrons. The summed E-state index contributed by atoms with van der Waals surface area (Å²) in [6.45, 7) is 1.77. The van der Waals surface area contributed by atoms with Gasteiger partial charge in [0.25, 0.3) is 0 Å². The Hall–Kier alpha value is -1.85. The fraction of sp³-hybridized carbons (Fsp3) is 0.273. The summed E-state index contributed by atoms with van der Waals surface area (Å²) in [4.78, 5) is 14.5. The Bertz CT molecular complexity index is 427. The van der Waals surface area contributed by atoms with Crippen molar-refractivity contribution in [3.63, 3.8) is 0 Å². The zero-order chi connectivity index (χ0) is 12.9. The largest absolute Gasteiger partial charge is 0.463 e. The van der Waals surface area contributed by atoms with Crippen LogP contribution < -0.4 is 0 Å². The third-order valence-electron chi connectivity index (χ3n) is 1.81. The second-order valence-corrected chi connectivity index (χ2v) is 3.02. The molecule has 0 radical (unpaired) electrons. The SMILES string of the molecule is CCOC(=O)/C=C/c1ncccc1C(F)(F)F. The molecule has 0 saturated heterocycles. The van der Waals surface area contributed by atoms with Crippen molar-refractivity contribution in [3.05, 3.63) is 35.7 Å². The summed E-state index contributed by atoms with van der Waals surface area (Å²) in [6, 6.07) is 2.09. The molecule has 1 heterocycles. The molecule has 6 heteroatoms. The molecule has 3 nitrogen and oxygen atoms in total. The summed E-state index contributed by atoms with van der Waals surface area (Å²) in [6.07, 6.45) is -1.37. The Labute approximate surface area is 95.9 Å². The minimum Gasteiger partial charge on any atom is -0.463 e. The Morgan fingerprint density at radius 2 is 2.24 bits per heavy atom. The molecule has 0 unspecified atom stereocenters. The topological polar surface area (TPSA) is 39.2 Å². The molecule has 0 amide bonds. The fourth-order valence-corrected chi connectivity index (χ4v) is 1.13. The van der Waals surface area contributed by atoms with E-state index in [2.05, 4.69) is 9.72 Å². The highest BCUT2D eigenvalue weighted by molar-refractivity contribution is 5.86. The quantitative estimate of drug-likeness (QED) is 0.607. The third kappa shape index (κ3) is 3.90. The van der Waals surface area contributed by atoms with Crippen LogP contribution in [0.25, 0.3) is 6.08 Å². The van der Waals surface area contributed by atoms with Gasteiger partial charge in [0.15, 0.2) is 0 Å². The van der Waals surface area contributed by atoms with Crippen molar-refractivity contribution in [1.82, 2.24) is 4.98 Å². The van der Waals surface area contributed by atoms with E-state index in [9.17, 15) is 18.0 Å². The summed E-state index contributed by atoms with van der Waals surface area (Å²) >= 11 is 0. The van der Waals surface area contributed by atoms with E-state index < -0.39 is 17.7 Å². The zero-order valence-electron chi connectivity index (χ0n) is 8.99. The lowest BCUT2D eigenvalue weighted by molar-refractivity contribution is -0.138. The van der Waals surface area contributed by atoms with E-state index >= 15 is 0 Å². The lowest BCUT2D eigenvalue weighted by atomic mass is 10.2. The maximum Gasteiger partial charge on any atom is 0.418 e. The number of rotatable bonds is 3. The van der Waals surface area contributed by atoms with Crippen molar-refractivity contribution in [2.75, 3.05) is 6.61 Å². The Morgan fingerprint density at radius 3 is 2.82 bits per heavy atom. The molecule has 0 bridgehead atoms. The highest BCUT2D eigenvalue weighted by Gasteiger charge is 2.33. The number of hydrogen-bond acceptors (Lipinski definition) is 3. The number of halogens is 3. The number of alkyl halides is 3. The monoisotopic (exact) mass is 245 g/mol. The first kappa shape index (κ1) is 13.2. The lowest BCUT2D eigenvalue weighted by Crippen LogP contribution is -2.08. The molecular weight excluding hydrogens is 235 g/mol. The zero-order valence-corrected chi connectivity index (χ0v) is 8.99. The minimum absolute atomic E-state index is 0.164. The van der Waals surface area contributed by atoms with Crippen LogP contribution in [0.1, 0.15) is 18.2 Å². The van der Waals surface area contributed by atoms with E-state index in [1.165, 1.54) is 12.3 Å². The molecule has 1 rings (SSSR count). The molecule has 0 aliphatic heterocycles. The molecule has 0 aliphatic carbocycles. The van der Waals surface area contributed by atoms with E-state index in [0.717, 1.165) is 18.2 Å². The van der Waals surface area contributed by atoms with Crippen molar-refractivity contribution in [3.8, 4) is 0 Å². The van der Waals surface area contributed by atoms with Crippen LogP contribution >= 0.6 is 0 Å². The molecule has 1 aromatic rings. The first-order valence-corrected chi connectivity index (χ1v) is 4.82. The third-order valence-corrected chi connectivity index (χ3v) is 1.81. The van der Waals surface area contributed by atoms with Crippen LogP contribution in [-0.4, -0.2) is 17.6 Å². The highest BCUT2D eigenvalue weighted by atomic mass is 19.4. The smallest absolute Gasteiger partial charge is 0.418 e. The van der Waals surface area contributed by atoms with Crippen molar-refractivity contribution < 1.29 is 22.7 Å². The Kier molecular flexibility index (Phi) is 4.25. The number of pyridine rings is 1. The Morgan fingerprint density at radius 1 is 1.53 bits per heavy atom. The second kappa shape index (κ2) is 5.47. The van der Waals surface area contributed by atoms with Gasteiger partial charge >= 0.3 is 12.1 Å². The second-order valence-electron chi connectivity index (χ2n) is 3.02. The van der Waals surface area contributed by atoms with E-state index in [1.807, 2.05) is 0 Å². The van der Waals surface area contributed by atoms with Crippen LogP contribution in [0, 0.1) is 0 Å². The van der Waals surface area contributed by atoms with Crippen LogP contribution in [-0.2, 0) is 15.7 Å². The molecule has 0 atom stereocenters. The van der Waals surface area contributed by atoms with Gasteiger partial charge in [0, 0.05) is 12.3 Å². The number of carbonyl (C=O) groups excluding carboxylic acids is 1. The minimum atomic E-state index is -4.50. The van der Waals surface area contributed by atoms with Crippen LogP contribution in [0.5, 0.6) is 0 Å². The molecule has 0 aromatic carbocycles. The van der Waals surface area contributed by atoms with Gasteiger partial charge in [0.2, 0.25) is 0 Å². The van der Waals surface area contributed by atoms with Gasteiger partial charge in [-0.25, -0.2) is 4.79 Å². The molecule has 0 aliphatic rings. The van der Waals surface area contributed by atoms with E-state index in [1.54, 1.807) is 6.92 Å². The number of aromatic nitrogens is 1. The first-order valence-electron chi connectivity index (χ1n) is 4.82. The van der Waals surface area contributed by atoms with E-state index in [4.69, 9.17) is 0 Å². The lowest BCUT2D eigenvalue weighted by Gasteiger charge is -2.08. The number of hydrogen-bond donors (Lipinski definition) is 0. The maximum atomic E-state index is 12.5. The van der Waals surface area contributed by atoms with Crippen molar-refractivity contribution in [2.24, 2.45) is 0 Å². The summed E-state index contributed by atoms with van der Waals surface area (Å²) in [5.74, 6) is -0.703. The van der Waals surface area contributed by atoms with Crippen LogP contribution in [0.4, 0.5) is 13.2 Å². The van der Waals surface area contributed by atoms with Gasteiger partial charge in [-0.05, 0) is 25.1 Å². The number of ether oxygens (including phenoxy) is 1. The van der Waals surface area contributed by atoms with E-state index in [0.29, 0.717) is 0 Å². The predicted molar refractivity (Wildman–Crippen MR) is 54.9 cm³/mol. The van der Waals surface area contributed by atoms with E-state index in [-0.39, 0.29) is 12.3 Å². The molecule has 1 aromatic heterocycles. The van der Waals surface area contributed by atoms with Gasteiger partial charge in [-0.2, -0.15) is 13.2 Å². The molecule has 0 fully saturated rings. The number of esters is 1. The van der Waals surface area contributed by atoms with Gasteiger partial charge in [0.1, 0.15) is 0 Å².